The molecule has 2 aromatic carbocycles. The standard InChI is InChI=1S/C16H17NO3S/c1-20-14-9-7-13(8-10-14)17-16(21-11-15(18)19)12-5-3-2-4-6-12/h2-10,16-17H,11H2,1H3,(H,18,19). The van der Waals surface area contributed by atoms with Gasteiger partial charge in [-0.1, -0.05) is 30.3 Å². The molecule has 0 saturated carbocycles. The van der Waals surface area contributed by atoms with Gasteiger partial charge in [-0.3, -0.25) is 4.79 Å². The molecular formula is C16H17NO3S. The summed E-state index contributed by atoms with van der Waals surface area (Å²) in [6, 6.07) is 17.4. The van der Waals surface area contributed by atoms with Crippen molar-refractivity contribution in [3.05, 3.63) is 60.2 Å². The normalized spacial score (nSPS) is 11.7. The van der Waals surface area contributed by atoms with Gasteiger partial charge in [-0.25, -0.2) is 0 Å². The molecule has 0 amide bonds. The number of methoxy groups -OCH3 is 1. The van der Waals surface area contributed by atoms with Gasteiger partial charge < -0.3 is 15.2 Å². The Kier molecular flexibility index (Phi) is 5.51. The van der Waals surface area contributed by atoms with Crippen LogP contribution in [-0.4, -0.2) is 23.9 Å². The van der Waals surface area contributed by atoms with Gasteiger partial charge in [-0.05, 0) is 29.8 Å². The first kappa shape index (κ1) is 15.3. The molecule has 0 aromatic heterocycles. The summed E-state index contributed by atoms with van der Waals surface area (Å²) in [7, 11) is 1.62. The SMILES string of the molecule is COc1ccc(NC(SCC(=O)O)c2ccccc2)cc1. The van der Waals surface area contributed by atoms with Crippen LogP contribution in [0.4, 0.5) is 5.69 Å². The molecule has 0 radical (unpaired) electrons. The summed E-state index contributed by atoms with van der Waals surface area (Å²) in [5.74, 6) is 0.00960. The molecule has 0 fully saturated rings. The van der Waals surface area contributed by atoms with Crippen LogP contribution in [0, 0.1) is 0 Å². The van der Waals surface area contributed by atoms with E-state index in [4.69, 9.17) is 9.84 Å². The molecule has 4 nitrogen and oxygen atoms in total. The smallest absolute Gasteiger partial charge is 0.313 e. The van der Waals surface area contributed by atoms with Crippen LogP contribution in [0.5, 0.6) is 5.75 Å². The zero-order chi connectivity index (χ0) is 15.1. The van der Waals surface area contributed by atoms with Crippen LogP contribution < -0.4 is 10.1 Å². The van der Waals surface area contributed by atoms with Gasteiger partial charge in [0.25, 0.3) is 0 Å². The number of carboxylic acids is 1. The summed E-state index contributed by atoms with van der Waals surface area (Å²) in [4.78, 5) is 10.8. The van der Waals surface area contributed by atoms with Gasteiger partial charge in [-0.15, -0.1) is 11.8 Å². The average Bonchev–Trinajstić information content (AvgIpc) is 2.52. The fourth-order valence-electron chi connectivity index (χ4n) is 1.84. The maximum absolute atomic E-state index is 10.8. The second kappa shape index (κ2) is 7.59. The van der Waals surface area contributed by atoms with E-state index in [9.17, 15) is 4.79 Å². The molecule has 0 aliphatic carbocycles. The minimum atomic E-state index is -0.822. The van der Waals surface area contributed by atoms with Crippen LogP contribution in [0.1, 0.15) is 10.9 Å². The molecule has 2 N–H and O–H groups in total. The summed E-state index contributed by atoms with van der Waals surface area (Å²) in [6.45, 7) is 0. The Bertz CT molecular complexity index is 572. The number of benzene rings is 2. The van der Waals surface area contributed by atoms with E-state index in [1.165, 1.54) is 11.8 Å². The third kappa shape index (κ3) is 4.72. The molecular weight excluding hydrogens is 286 g/mol. The highest BCUT2D eigenvalue weighted by Crippen LogP contribution is 2.30. The summed E-state index contributed by atoms with van der Waals surface area (Å²) < 4.78 is 5.13. The molecule has 21 heavy (non-hydrogen) atoms. The minimum Gasteiger partial charge on any atom is -0.497 e. The summed E-state index contributed by atoms with van der Waals surface area (Å²) in [5, 5.41) is 12.1. The lowest BCUT2D eigenvalue weighted by atomic mass is 10.2. The monoisotopic (exact) mass is 303 g/mol. The molecule has 0 heterocycles. The fraction of sp³-hybridized carbons (Fsp3) is 0.188. The van der Waals surface area contributed by atoms with E-state index in [-0.39, 0.29) is 11.1 Å². The maximum atomic E-state index is 10.8. The number of hydrogen-bond donors (Lipinski definition) is 2. The Morgan fingerprint density at radius 2 is 1.86 bits per heavy atom. The third-order valence-corrected chi connectivity index (χ3v) is 4.00. The van der Waals surface area contributed by atoms with Gasteiger partial charge in [0, 0.05) is 5.69 Å². The van der Waals surface area contributed by atoms with E-state index in [1.807, 2.05) is 54.6 Å². The van der Waals surface area contributed by atoms with Crippen LogP contribution >= 0.6 is 11.8 Å². The first-order valence-corrected chi connectivity index (χ1v) is 7.53. The molecule has 0 spiro atoms. The largest absolute Gasteiger partial charge is 0.497 e. The Balaban J connectivity index is 2.12. The van der Waals surface area contributed by atoms with Crippen molar-refractivity contribution in [2.75, 3.05) is 18.2 Å². The van der Waals surface area contributed by atoms with E-state index in [0.29, 0.717) is 0 Å². The number of hydrogen-bond acceptors (Lipinski definition) is 4. The second-order valence-electron chi connectivity index (χ2n) is 4.37. The van der Waals surface area contributed by atoms with Gasteiger partial charge in [-0.2, -0.15) is 0 Å². The summed E-state index contributed by atoms with van der Waals surface area (Å²) in [6.07, 6.45) is 0. The van der Waals surface area contributed by atoms with Crippen molar-refractivity contribution >= 4 is 23.4 Å². The van der Waals surface area contributed by atoms with E-state index in [0.717, 1.165) is 17.0 Å². The van der Waals surface area contributed by atoms with Crippen molar-refractivity contribution < 1.29 is 14.6 Å². The molecule has 0 aliphatic heterocycles. The number of thioether (sulfide) groups is 1. The molecule has 2 rings (SSSR count). The van der Waals surface area contributed by atoms with Crippen LogP contribution in [0.25, 0.3) is 0 Å². The number of rotatable bonds is 7. The first-order chi connectivity index (χ1) is 10.2. The van der Waals surface area contributed by atoms with Gasteiger partial charge in [0.05, 0.1) is 18.2 Å². The molecule has 2 aromatic rings. The molecule has 0 bridgehead atoms. The molecule has 1 unspecified atom stereocenters. The highest BCUT2D eigenvalue weighted by molar-refractivity contribution is 8.00. The Labute approximate surface area is 128 Å². The summed E-state index contributed by atoms with van der Waals surface area (Å²) in [5.41, 5.74) is 1.96. The third-order valence-electron chi connectivity index (χ3n) is 2.86. The van der Waals surface area contributed by atoms with Crippen molar-refractivity contribution in [2.24, 2.45) is 0 Å². The second-order valence-corrected chi connectivity index (χ2v) is 5.46. The van der Waals surface area contributed by atoms with Crippen LogP contribution in [0.15, 0.2) is 54.6 Å². The Morgan fingerprint density at radius 3 is 2.43 bits per heavy atom. The zero-order valence-corrected chi connectivity index (χ0v) is 12.5. The number of anilines is 1. The Hall–Kier alpha value is -2.14. The highest BCUT2D eigenvalue weighted by atomic mass is 32.2. The maximum Gasteiger partial charge on any atom is 0.313 e. The molecule has 1 atom stereocenters. The van der Waals surface area contributed by atoms with E-state index < -0.39 is 5.97 Å². The van der Waals surface area contributed by atoms with Crippen molar-refractivity contribution in [3.8, 4) is 5.75 Å². The lowest BCUT2D eigenvalue weighted by molar-refractivity contribution is -0.133. The van der Waals surface area contributed by atoms with E-state index in [2.05, 4.69) is 5.32 Å². The lowest BCUT2D eigenvalue weighted by Crippen LogP contribution is -2.10. The quantitative estimate of drug-likeness (QED) is 0.765. The fourth-order valence-corrected chi connectivity index (χ4v) is 2.72. The number of nitrogens with one attached hydrogen (secondary N) is 1. The predicted molar refractivity (Wildman–Crippen MR) is 85.9 cm³/mol. The Morgan fingerprint density at radius 1 is 1.19 bits per heavy atom. The number of carboxylic acid groups (broad SMARTS) is 1. The van der Waals surface area contributed by atoms with Gasteiger partial charge in [0.15, 0.2) is 0 Å². The summed E-state index contributed by atoms with van der Waals surface area (Å²) >= 11 is 1.35. The van der Waals surface area contributed by atoms with Crippen molar-refractivity contribution in [1.82, 2.24) is 0 Å². The van der Waals surface area contributed by atoms with Crippen LogP contribution in [0.3, 0.4) is 0 Å². The average molecular weight is 303 g/mol. The van der Waals surface area contributed by atoms with Gasteiger partial charge in [0.2, 0.25) is 0 Å². The number of aliphatic carboxylic acids is 1. The molecule has 5 heteroatoms. The van der Waals surface area contributed by atoms with E-state index in [1.54, 1.807) is 7.11 Å². The number of ether oxygens (including phenoxy) is 1. The van der Waals surface area contributed by atoms with Crippen LogP contribution in [0.2, 0.25) is 0 Å². The molecule has 0 aliphatic rings. The molecule has 110 valence electrons. The minimum absolute atomic E-state index is 0.0444. The van der Waals surface area contributed by atoms with E-state index >= 15 is 0 Å². The predicted octanol–water partition coefficient (Wildman–Crippen LogP) is 3.62. The van der Waals surface area contributed by atoms with Gasteiger partial charge in [0.1, 0.15) is 5.75 Å². The van der Waals surface area contributed by atoms with Crippen molar-refractivity contribution in [2.45, 2.75) is 5.37 Å². The van der Waals surface area contributed by atoms with Gasteiger partial charge >= 0.3 is 5.97 Å². The number of carbonyl (C=O) groups is 1. The topological polar surface area (TPSA) is 58.6 Å². The zero-order valence-electron chi connectivity index (χ0n) is 11.7. The van der Waals surface area contributed by atoms with Crippen molar-refractivity contribution in [1.29, 1.82) is 0 Å². The highest BCUT2D eigenvalue weighted by Gasteiger charge is 2.13. The first-order valence-electron chi connectivity index (χ1n) is 6.48. The van der Waals surface area contributed by atoms with Crippen LogP contribution in [-0.2, 0) is 4.79 Å². The molecule has 0 saturated heterocycles. The lowest BCUT2D eigenvalue weighted by Gasteiger charge is -2.19. The van der Waals surface area contributed by atoms with Crippen molar-refractivity contribution in [3.63, 3.8) is 0 Å².